The number of alkyl halides is 3. The number of rotatable bonds is 6. The van der Waals surface area contributed by atoms with Gasteiger partial charge in [0, 0.05) is 43.3 Å². The first-order valence-corrected chi connectivity index (χ1v) is 12.6. The molecule has 0 amide bonds. The standard InChI is InChI=1S/C24H23ClFN7O2.C2HF3O2/c1-34-21-12-17(7-8-20(21)32-13-22(25)27-14-32)28-24-29-23-19(15-3-5-16(26)6-4-15)11-18(31-35-2)9-10-33(23)30-24;3-2(4,5)1(6)7/h3-8,12-14,19H,9-11H2,1-2H3,(H,28,30);(H,6,7). The van der Waals surface area contributed by atoms with Gasteiger partial charge in [0.15, 0.2) is 0 Å². The first kappa shape index (κ1) is 30.3. The predicted molar refractivity (Wildman–Crippen MR) is 144 cm³/mol. The third-order valence-corrected chi connectivity index (χ3v) is 6.26. The van der Waals surface area contributed by atoms with Crippen LogP contribution in [-0.4, -0.2) is 61.5 Å². The summed E-state index contributed by atoms with van der Waals surface area (Å²) in [7, 11) is 3.13. The molecule has 5 rings (SSSR count). The van der Waals surface area contributed by atoms with E-state index in [4.69, 9.17) is 36.1 Å². The summed E-state index contributed by atoms with van der Waals surface area (Å²) in [5, 5.41) is 19.6. The molecule has 0 aliphatic carbocycles. The van der Waals surface area contributed by atoms with Crippen LogP contribution >= 0.6 is 11.6 Å². The minimum absolute atomic E-state index is 0.141. The third kappa shape index (κ3) is 7.34. The number of nitrogens with zero attached hydrogens (tertiary/aromatic N) is 6. The van der Waals surface area contributed by atoms with E-state index >= 15 is 0 Å². The van der Waals surface area contributed by atoms with Gasteiger partial charge in [-0.15, -0.1) is 5.10 Å². The Labute approximate surface area is 241 Å². The van der Waals surface area contributed by atoms with Crippen LogP contribution in [0.4, 0.5) is 29.2 Å². The van der Waals surface area contributed by atoms with Gasteiger partial charge in [-0.05, 0) is 29.8 Å². The molecule has 0 spiro atoms. The van der Waals surface area contributed by atoms with Crippen LogP contribution in [0.15, 0.2) is 60.1 Å². The van der Waals surface area contributed by atoms with Gasteiger partial charge in [-0.3, -0.25) is 0 Å². The van der Waals surface area contributed by atoms with Crippen LogP contribution in [0.2, 0.25) is 5.15 Å². The normalized spacial score (nSPS) is 15.7. The van der Waals surface area contributed by atoms with Crippen molar-refractivity contribution in [3.63, 3.8) is 0 Å². The number of carboxylic acids is 1. The van der Waals surface area contributed by atoms with Gasteiger partial charge in [-0.25, -0.2) is 18.9 Å². The number of anilines is 2. The molecule has 0 saturated carbocycles. The zero-order valence-corrected chi connectivity index (χ0v) is 22.9. The smallest absolute Gasteiger partial charge is 0.490 e. The van der Waals surface area contributed by atoms with E-state index in [9.17, 15) is 17.6 Å². The molecule has 1 unspecified atom stereocenters. The molecule has 0 radical (unpaired) electrons. The van der Waals surface area contributed by atoms with Crippen molar-refractivity contribution in [2.24, 2.45) is 5.16 Å². The lowest BCUT2D eigenvalue weighted by atomic mass is 9.93. The lowest BCUT2D eigenvalue weighted by Gasteiger charge is -2.14. The van der Waals surface area contributed by atoms with Gasteiger partial charge >= 0.3 is 12.1 Å². The number of aliphatic carboxylic acids is 1. The summed E-state index contributed by atoms with van der Waals surface area (Å²) >= 11 is 5.96. The van der Waals surface area contributed by atoms with E-state index in [0.29, 0.717) is 36.2 Å². The number of oxime groups is 1. The quantitative estimate of drug-likeness (QED) is 0.214. The lowest BCUT2D eigenvalue weighted by molar-refractivity contribution is -0.192. The number of halogens is 5. The van der Waals surface area contributed by atoms with Crippen molar-refractivity contribution in [1.29, 1.82) is 0 Å². The van der Waals surface area contributed by atoms with Gasteiger partial charge in [-0.1, -0.05) is 28.9 Å². The van der Waals surface area contributed by atoms with Crippen molar-refractivity contribution in [1.82, 2.24) is 24.3 Å². The average molecular weight is 610 g/mol. The van der Waals surface area contributed by atoms with Crippen LogP contribution < -0.4 is 10.1 Å². The summed E-state index contributed by atoms with van der Waals surface area (Å²) in [4.78, 5) is 22.8. The van der Waals surface area contributed by atoms with Crippen LogP contribution in [0.3, 0.4) is 0 Å². The van der Waals surface area contributed by atoms with E-state index in [1.54, 1.807) is 36.3 Å². The van der Waals surface area contributed by atoms with E-state index < -0.39 is 12.1 Å². The highest BCUT2D eigenvalue weighted by Crippen LogP contribution is 2.33. The van der Waals surface area contributed by atoms with Crippen LogP contribution in [-0.2, 0) is 16.2 Å². The fraction of sp³-hybridized carbons (Fsp3) is 0.269. The largest absolute Gasteiger partial charge is 0.494 e. The average Bonchev–Trinajstić information content (AvgIpc) is 3.52. The van der Waals surface area contributed by atoms with Gasteiger partial charge < -0.3 is 24.6 Å². The van der Waals surface area contributed by atoms with E-state index in [1.807, 2.05) is 22.9 Å². The molecule has 11 nitrogen and oxygen atoms in total. The highest BCUT2D eigenvalue weighted by atomic mass is 35.5. The third-order valence-electron chi connectivity index (χ3n) is 6.06. The molecule has 1 aliphatic rings. The summed E-state index contributed by atoms with van der Waals surface area (Å²) in [5.74, 6) is -1.32. The van der Waals surface area contributed by atoms with Crippen LogP contribution in [0.25, 0.3) is 5.69 Å². The number of carbonyl (C=O) groups is 1. The molecule has 4 aromatic rings. The second kappa shape index (κ2) is 12.9. The summed E-state index contributed by atoms with van der Waals surface area (Å²) in [6, 6.07) is 12.1. The number of aryl methyl sites for hydroxylation is 1. The Bertz CT molecular complexity index is 1570. The zero-order chi connectivity index (χ0) is 30.4. The van der Waals surface area contributed by atoms with Crippen LogP contribution in [0.5, 0.6) is 5.75 Å². The summed E-state index contributed by atoms with van der Waals surface area (Å²) < 4.78 is 54.5. The molecule has 16 heteroatoms. The van der Waals surface area contributed by atoms with E-state index in [0.717, 1.165) is 28.5 Å². The van der Waals surface area contributed by atoms with E-state index in [-0.39, 0.29) is 11.7 Å². The monoisotopic (exact) mass is 609 g/mol. The fourth-order valence-electron chi connectivity index (χ4n) is 4.20. The molecule has 0 saturated heterocycles. The number of aromatic nitrogens is 5. The van der Waals surface area contributed by atoms with E-state index in [2.05, 4.69) is 20.6 Å². The van der Waals surface area contributed by atoms with Crippen molar-refractivity contribution >= 4 is 34.9 Å². The number of imidazole rings is 1. The molecule has 2 aromatic carbocycles. The number of carboxylic acid groups (broad SMARTS) is 1. The first-order chi connectivity index (χ1) is 20.0. The number of fused-ring (bicyclic) bond motifs is 1. The molecule has 0 bridgehead atoms. The van der Waals surface area contributed by atoms with Crippen LogP contribution in [0.1, 0.15) is 30.1 Å². The summed E-state index contributed by atoms with van der Waals surface area (Å²) in [6.07, 6.45) is -0.472. The Hall–Kier alpha value is -4.66. The molecule has 222 valence electrons. The molecular weight excluding hydrogens is 586 g/mol. The second-order valence-electron chi connectivity index (χ2n) is 8.83. The Balaban J connectivity index is 0.000000517. The van der Waals surface area contributed by atoms with Crippen molar-refractivity contribution in [2.75, 3.05) is 19.5 Å². The van der Waals surface area contributed by atoms with Crippen LogP contribution in [0, 0.1) is 5.82 Å². The highest BCUT2D eigenvalue weighted by Gasteiger charge is 2.38. The molecule has 0 fully saturated rings. The summed E-state index contributed by atoms with van der Waals surface area (Å²) in [6.45, 7) is 0.605. The molecule has 2 aromatic heterocycles. The molecule has 42 heavy (non-hydrogen) atoms. The number of nitrogens with one attached hydrogen (secondary N) is 1. The Kier molecular flexibility index (Phi) is 9.30. The van der Waals surface area contributed by atoms with Crippen molar-refractivity contribution < 1.29 is 37.0 Å². The maximum atomic E-state index is 13.6. The maximum absolute atomic E-state index is 13.6. The Morgan fingerprint density at radius 2 is 1.90 bits per heavy atom. The first-order valence-electron chi connectivity index (χ1n) is 12.2. The van der Waals surface area contributed by atoms with Gasteiger partial charge in [0.1, 0.15) is 36.0 Å². The number of ether oxygens (including phenoxy) is 1. The molecule has 3 heterocycles. The van der Waals surface area contributed by atoms with Crippen molar-refractivity contribution in [3.05, 3.63) is 77.3 Å². The van der Waals surface area contributed by atoms with Gasteiger partial charge in [0.05, 0.1) is 18.5 Å². The molecule has 1 atom stereocenters. The second-order valence-corrected chi connectivity index (χ2v) is 9.22. The van der Waals surface area contributed by atoms with Gasteiger partial charge in [-0.2, -0.15) is 18.2 Å². The Morgan fingerprint density at radius 1 is 1.19 bits per heavy atom. The summed E-state index contributed by atoms with van der Waals surface area (Å²) in [5.41, 5.74) is 3.40. The zero-order valence-electron chi connectivity index (χ0n) is 22.1. The van der Waals surface area contributed by atoms with E-state index in [1.165, 1.54) is 19.2 Å². The fourth-order valence-corrected chi connectivity index (χ4v) is 4.34. The van der Waals surface area contributed by atoms with Gasteiger partial charge in [0.25, 0.3) is 0 Å². The van der Waals surface area contributed by atoms with Gasteiger partial charge in [0.2, 0.25) is 5.95 Å². The topological polar surface area (TPSA) is 129 Å². The SMILES string of the molecule is CON=C1CCn2nc(Nc3ccc(-n4cnc(Cl)c4)c(OC)c3)nc2C(c2ccc(F)cc2)C1.O=C(O)C(F)(F)F. The highest BCUT2D eigenvalue weighted by molar-refractivity contribution is 6.29. The maximum Gasteiger partial charge on any atom is 0.490 e. The van der Waals surface area contributed by atoms with Crippen molar-refractivity contribution in [3.8, 4) is 11.4 Å². The number of hydrogen-bond acceptors (Lipinski definition) is 8. The molecule has 1 aliphatic heterocycles. The number of benzene rings is 2. The molecule has 2 N–H and O–H groups in total. The predicted octanol–water partition coefficient (Wildman–Crippen LogP) is 5.57. The minimum atomic E-state index is -5.08. The van der Waals surface area contributed by atoms with Crippen molar-refractivity contribution in [2.45, 2.75) is 31.5 Å². The number of hydrogen-bond donors (Lipinski definition) is 2. The Morgan fingerprint density at radius 3 is 2.50 bits per heavy atom. The minimum Gasteiger partial charge on any atom is -0.494 e. The number of methoxy groups -OCH3 is 1. The molecular formula is C26H24ClF4N7O4. The lowest BCUT2D eigenvalue weighted by Crippen LogP contribution is -2.21.